The molecule has 2 rings (SSSR count). The number of aromatic nitrogens is 2. The molecule has 0 spiro atoms. The Morgan fingerprint density at radius 2 is 1.95 bits per heavy atom. The lowest BCUT2D eigenvalue weighted by Crippen LogP contribution is -2.15. The van der Waals surface area contributed by atoms with Gasteiger partial charge < -0.3 is 10.4 Å². The summed E-state index contributed by atoms with van der Waals surface area (Å²) in [6.45, 7) is 3.49. The van der Waals surface area contributed by atoms with Gasteiger partial charge in [-0.2, -0.15) is 0 Å². The molecule has 7 heteroatoms. The van der Waals surface area contributed by atoms with Gasteiger partial charge in [-0.3, -0.25) is 9.78 Å². The van der Waals surface area contributed by atoms with Crippen molar-refractivity contribution < 1.29 is 14.7 Å². The van der Waals surface area contributed by atoms with Crippen LogP contribution in [0, 0.1) is 13.8 Å². The molecule has 0 saturated heterocycles. The number of hydrogen-bond acceptors (Lipinski definition) is 4. The molecule has 0 atom stereocenters. The average Bonchev–Trinajstić information content (AvgIpc) is 2.42. The number of nitrogens with zero attached hydrogens (tertiary/aromatic N) is 2. The van der Waals surface area contributed by atoms with Crippen LogP contribution in [0.1, 0.15) is 32.0 Å². The van der Waals surface area contributed by atoms with Gasteiger partial charge in [0.05, 0.1) is 18.0 Å². The van der Waals surface area contributed by atoms with Gasteiger partial charge >= 0.3 is 5.97 Å². The van der Waals surface area contributed by atoms with Crippen LogP contribution in [0.5, 0.6) is 0 Å². The number of anilines is 1. The Morgan fingerprint density at radius 3 is 2.57 bits per heavy atom. The van der Waals surface area contributed by atoms with E-state index in [9.17, 15) is 9.59 Å². The number of hydrogen-bond donors (Lipinski definition) is 2. The van der Waals surface area contributed by atoms with Crippen molar-refractivity contribution in [1.29, 1.82) is 0 Å². The highest BCUT2D eigenvalue weighted by Gasteiger charge is 2.14. The first kappa shape index (κ1) is 14.9. The van der Waals surface area contributed by atoms with Crippen LogP contribution in [0.3, 0.4) is 0 Å². The van der Waals surface area contributed by atoms with E-state index in [1.807, 2.05) is 0 Å². The summed E-state index contributed by atoms with van der Waals surface area (Å²) in [4.78, 5) is 30.8. The van der Waals surface area contributed by atoms with Crippen molar-refractivity contribution in [3.8, 4) is 0 Å². The fourth-order valence-corrected chi connectivity index (χ4v) is 1.95. The fraction of sp³-hybridized carbons (Fsp3) is 0.143. The van der Waals surface area contributed by atoms with Crippen LogP contribution >= 0.6 is 11.6 Å². The Hall–Kier alpha value is -2.47. The lowest BCUT2D eigenvalue weighted by molar-refractivity contribution is 0.0695. The Morgan fingerprint density at radius 1 is 1.24 bits per heavy atom. The molecule has 2 aromatic rings. The highest BCUT2D eigenvalue weighted by Crippen LogP contribution is 2.20. The van der Waals surface area contributed by atoms with Crippen LogP contribution in [0.2, 0.25) is 5.15 Å². The minimum Gasteiger partial charge on any atom is -0.478 e. The minimum absolute atomic E-state index is 0.0533. The fourth-order valence-electron chi connectivity index (χ4n) is 1.80. The van der Waals surface area contributed by atoms with Gasteiger partial charge in [0.15, 0.2) is 0 Å². The number of aromatic carboxylic acids is 1. The maximum atomic E-state index is 12.0. The number of amides is 1. The van der Waals surface area contributed by atoms with Crippen molar-refractivity contribution in [2.24, 2.45) is 0 Å². The van der Waals surface area contributed by atoms with E-state index in [-0.39, 0.29) is 16.4 Å². The van der Waals surface area contributed by atoms with E-state index >= 15 is 0 Å². The molecule has 21 heavy (non-hydrogen) atoms. The van der Waals surface area contributed by atoms with Gasteiger partial charge in [0.25, 0.3) is 5.91 Å². The zero-order valence-electron chi connectivity index (χ0n) is 11.3. The van der Waals surface area contributed by atoms with Crippen LogP contribution in [0.15, 0.2) is 24.5 Å². The summed E-state index contributed by atoms with van der Waals surface area (Å²) >= 11 is 5.67. The third kappa shape index (κ3) is 3.35. The molecule has 108 valence electrons. The van der Waals surface area contributed by atoms with Gasteiger partial charge in [0.2, 0.25) is 0 Å². The van der Waals surface area contributed by atoms with E-state index in [0.717, 1.165) is 5.56 Å². The predicted octanol–water partition coefficient (Wildman–Crippen LogP) is 2.70. The van der Waals surface area contributed by atoms with Crippen LogP contribution < -0.4 is 5.32 Å². The summed E-state index contributed by atoms with van der Waals surface area (Å²) in [5, 5.41) is 11.8. The van der Waals surface area contributed by atoms with Gasteiger partial charge in [-0.1, -0.05) is 11.6 Å². The van der Waals surface area contributed by atoms with Crippen molar-refractivity contribution in [1.82, 2.24) is 9.97 Å². The number of rotatable bonds is 3. The second kappa shape index (κ2) is 5.88. The van der Waals surface area contributed by atoms with Gasteiger partial charge in [-0.15, -0.1) is 0 Å². The molecule has 0 bridgehead atoms. The number of benzene rings is 1. The predicted molar refractivity (Wildman–Crippen MR) is 77.9 cm³/mol. The average molecular weight is 306 g/mol. The van der Waals surface area contributed by atoms with Crippen molar-refractivity contribution in [3.05, 3.63) is 52.1 Å². The molecule has 1 aromatic carbocycles. The summed E-state index contributed by atoms with van der Waals surface area (Å²) in [6, 6.07) is 3.10. The van der Waals surface area contributed by atoms with E-state index in [2.05, 4.69) is 15.3 Å². The lowest BCUT2D eigenvalue weighted by atomic mass is 10.0. The molecule has 0 aliphatic heterocycles. The van der Waals surface area contributed by atoms with Crippen molar-refractivity contribution in [2.75, 3.05) is 5.32 Å². The van der Waals surface area contributed by atoms with E-state index in [1.165, 1.54) is 18.5 Å². The number of carbonyl (C=O) groups is 2. The molecule has 2 N–H and O–H groups in total. The third-order valence-electron chi connectivity index (χ3n) is 2.99. The molecule has 0 fully saturated rings. The Balaban J connectivity index is 2.32. The smallest absolute Gasteiger partial charge is 0.336 e. The highest BCUT2D eigenvalue weighted by molar-refractivity contribution is 6.29. The standard InChI is InChI=1S/C14H12ClN3O3/c1-7-3-9(4-10(8(7)2)14(20)21)17-13(19)11-5-16-6-12(15)18-11/h3-6H,1-2H3,(H,17,19)(H,20,21). The van der Waals surface area contributed by atoms with Crippen molar-refractivity contribution in [3.63, 3.8) is 0 Å². The second-order valence-electron chi connectivity index (χ2n) is 4.45. The first-order valence-electron chi connectivity index (χ1n) is 6.02. The van der Waals surface area contributed by atoms with E-state index in [1.54, 1.807) is 19.9 Å². The van der Waals surface area contributed by atoms with E-state index < -0.39 is 11.9 Å². The minimum atomic E-state index is -1.05. The second-order valence-corrected chi connectivity index (χ2v) is 4.84. The van der Waals surface area contributed by atoms with E-state index in [4.69, 9.17) is 16.7 Å². The monoisotopic (exact) mass is 305 g/mol. The number of nitrogens with one attached hydrogen (secondary N) is 1. The maximum Gasteiger partial charge on any atom is 0.336 e. The molecular weight excluding hydrogens is 294 g/mol. The Bertz CT molecular complexity index is 731. The molecule has 6 nitrogen and oxygen atoms in total. The van der Waals surface area contributed by atoms with Gasteiger partial charge in [-0.05, 0) is 37.1 Å². The normalized spacial score (nSPS) is 10.2. The van der Waals surface area contributed by atoms with Crippen LogP contribution in [-0.2, 0) is 0 Å². The number of carboxylic acids is 1. The summed E-state index contributed by atoms with van der Waals surface area (Å²) in [5.41, 5.74) is 1.99. The number of aryl methyl sites for hydroxylation is 1. The quantitative estimate of drug-likeness (QED) is 0.909. The molecule has 0 saturated carbocycles. The van der Waals surface area contributed by atoms with Gasteiger partial charge in [0.1, 0.15) is 10.8 Å². The van der Waals surface area contributed by atoms with Crippen LogP contribution in [0.25, 0.3) is 0 Å². The maximum absolute atomic E-state index is 12.0. The summed E-state index contributed by atoms with van der Waals surface area (Å²) in [6.07, 6.45) is 2.59. The summed E-state index contributed by atoms with van der Waals surface area (Å²) in [5.74, 6) is -1.56. The number of carbonyl (C=O) groups excluding carboxylic acids is 1. The first-order valence-corrected chi connectivity index (χ1v) is 6.39. The summed E-state index contributed by atoms with van der Waals surface area (Å²) < 4.78 is 0. The molecular formula is C14H12ClN3O3. The molecule has 1 amide bonds. The van der Waals surface area contributed by atoms with Gasteiger partial charge in [-0.25, -0.2) is 9.78 Å². The molecule has 1 aromatic heterocycles. The zero-order valence-corrected chi connectivity index (χ0v) is 12.1. The Kier molecular flexibility index (Phi) is 4.18. The first-order chi connectivity index (χ1) is 9.88. The van der Waals surface area contributed by atoms with Crippen molar-refractivity contribution in [2.45, 2.75) is 13.8 Å². The number of halogens is 1. The summed E-state index contributed by atoms with van der Waals surface area (Å²) in [7, 11) is 0. The molecule has 0 unspecified atom stereocenters. The SMILES string of the molecule is Cc1cc(NC(=O)c2cncc(Cl)n2)cc(C(=O)O)c1C. The lowest BCUT2D eigenvalue weighted by Gasteiger charge is -2.10. The molecule has 0 aliphatic rings. The van der Waals surface area contributed by atoms with Gasteiger partial charge in [0, 0.05) is 5.69 Å². The molecule has 1 heterocycles. The third-order valence-corrected chi connectivity index (χ3v) is 3.18. The van der Waals surface area contributed by atoms with Crippen molar-refractivity contribution >= 4 is 29.2 Å². The van der Waals surface area contributed by atoms with Crippen LogP contribution in [0.4, 0.5) is 5.69 Å². The Labute approximate surface area is 125 Å². The molecule has 0 radical (unpaired) electrons. The highest BCUT2D eigenvalue weighted by atomic mass is 35.5. The van der Waals surface area contributed by atoms with Crippen LogP contribution in [-0.4, -0.2) is 27.0 Å². The molecule has 0 aliphatic carbocycles. The zero-order chi connectivity index (χ0) is 15.6. The van der Waals surface area contributed by atoms with E-state index in [0.29, 0.717) is 11.3 Å². The largest absolute Gasteiger partial charge is 0.478 e. The topological polar surface area (TPSA) is 92.2 Å². The number of carboxylic acid groups (broad SMARTS) is 1.